The zero-order valence-electron chi connectivity index (χ0n) is 10.5. The maximum Gasteiger partial charge on any atom is 0.0822 e. The zero-order chi connectivity index (χ0) is 12.0. The molecule has 90 valence electrons. The van der Waals surface area contributed by atoms with Gasteiger partial charge in [-0.3, -0.25) is 0 Å². The third-order valence-corrected chi connectivity index (χ3v) is 4.00. The number of benzene rings is 1. The second-order valence-corrected chi connectivity index (χ2v) is 5.18. The van der Waals surface area contributed by atoms with E-state index in [1.54, 1.807) is 0 Å². The molecule has 0 heterocycles. The summed E-state index contributed by atoms with van der Waals surface area (Å²) in [5, 5.41) is 9.65. The highest BCUT2D eigenvalue weighted by atomic mass is 14.4. The van der Waals surface area contributed by atoms with Crippen LogP contribution < -0.4 is 0 Å². The van der Waals surface area contributed by atoms with Gasteiger partial charge in [-0.2, -0.15) is 5.26 Å². The Bertz CT molecular complexity index is 364. The Labute approximate surface area is 104 Å². The van der Waals surface area contributed by atoms with Crippen LogP contribution in [0.2, 0.25) is 0 Å². The Morgan fingerprint density at radius 1 is 0.824 bits per heavy atom. The van der Waals surface area contributed by atoms with Crippen molar-refractivity contribution in [2.24, 2.45) is 0 Å². The van der Waals surface area contributed by atoms with Gasteiger partial charge in [0.25, 0.3) is 0 Å². The lowest BCUT2D eigenvalue weighted by molar-refractivity contribution is 0.439. The minimum atomic E-state index is -0.217. The topological polar surface area (TPSA) is 23.8 Å². The van der Waals surface area contributed by atoms with E-state index in [0.29, 0.717) is 0 Å². The molecule has 0 atom stereocenters. The van der Waals surface area contributed by atoms with Crippen LogP contribution in [-0.4, -0.2) is 0 Å². The van der Waals surface area contributed by atoms with Crippen LogP contribution in [0, 0.1) is 11.3 Å². The molecule has 1 nitrogen and oxygen atoms in total. The van der Waals surface area contributed by atoms with E-state index in [1.807, 2.05) is 6.07 Å². The largest absolute Gasteiger partial charge is 0.197 e. The zero-order valence-corrected chi connectivity index (χ0v) is 10.5. The van der Waals surface area contributed by atoms with Crippen molar-refractivity contribution in [3.63, 3.8) is 0 Å². The first-order valence-electron chi connectivity index (χ1n) is 6.84. The SMILES string of the molecule is N#CC1(c2ccccc2)CCCCCCCC1. The van der Waals surface area contributed by atoms with Gasteiger partial charge in [0.2, 0.25) is 0 Å². The van der Waals surface area contributed by atoms with Crippen LogP contribution >= 0.6 is 0 Å². The van der Waals surface area contributed by atoms with Crippen molar-refractivity contribution in [1.29, 1.82) is 5.26 Å². The molecule has 1 aromatic rings. The highest BCUT2D eigenvalue weighted by molar-refractivity contribution is 5.32. The van der Waals surface area contributed by atoms with E-state index in [-0.39, 0.29) is 5.41 Å². The molecule has 0 aromatic heterocycles. The van der Waals surface area contributed by atoms with E-state index < -0.39 is 0 Å². The van der Waals surface area contributed by atoms with Crippen LogP contribution in [0.3, 0.4) is 0 Å². The molecule has 0 bridgehead atoms. The fraction of sp³-hybridized carbons (Fsp3) is 0.562. The van der Waals surface area contributed by atoms with E-state index in [2.05, 4.69) is 30.3 Å². The Kier molecular flexibility index (Phi) is 4.20. The standard InChI is InChI=1S/C16H21N/c17-14-16(15-10-6-5-7-11-15)12-8-3-1-2-4-9-13-16/h5-7,10-11H,1-4,8-9,12-13H2. The van der Waals surface area contributed by atoms with Crippen molar-refractivity contribution < 1.29 is 0 Å². The Hall–Kier alpha value is -1.29. The second kappa shape index (κ2) is 5.87. The summed E-state index contributed by atoms with van der Waals surface area (Å²) in [6, 6.07) is 13.0. The first-order chi connectivity index (χ1) is 8.37. The summed E-state index contributed by atoms with van der Waals surface area (Å²) < 4.78 is 0. The number of nitrogens with zero attached hydrogens (tertiary/aromatic N) is 1. The molecule has 1 heteroatoms. The van der Waals surface area contributed by atoms with Crippen molar-refractivity contribution >= 4 is 0 Å². The second-order valence-electron chi connectivity index (χ2n) is 5.18. The molecule has 0 radical (unpaired) electrons. The van der Waals surface area contributed by atoms with Gasteiger partial charge in [-0.1, -0.05) is 68.9 Å². The summed E-state index contributed by atoms with van der Waals surface area (Å²) in [7, 11) is 0. The minimum absolute atomic E-state index is 0.217. The van der Waals surface area contributed by atoms with E-state index in [9.17, 15) is 5.26 Å². The molecular weight excluding hydrogens is 206 g/mol. The van der Waals surface area contributed by atoms with Crippen molar-refractivity contribution in [2.45, 2.75) is 56.8 Å². The maximum atomic E-state index is 9.65. The lowest BCUT2D eigenvalue weighted by Gasteiger charge is -2.26. The molecular formula is C16H21N. The van der Waals surface area contributed by atoms with Crippen LogP contribution in [0.15, 0.2) is 30.3 Å². The third-order valence-electron chi connectivity index (χ3n) is 4.00. The molecule has 1 aromatic carbocycles. The van der Waals surface area contributed by atoms with Crippen LogP contribution in [0.5, 0.6) is 0 Å². The minimum Gasteiger partial charge on any atom is -0.197 e. The maximum absolute atomic E-state index is 9.65. The van der Waals surface area contributed by atoms with Crippen molar-refractivity contribution in [1.82, 2.24) is 0 Å². The number of rotatable bonds is 1. The van der Waals surface area contributed by atoms with Gasteiger partial charge in [-0.05, 0) is 18.4 Å². The summed E-state index contributed by atoms with van der Waals surface area (Å²) in [5.41, 5.74) is 1.01. The summed E-state index contributed by atoms with van der Waals surface area (Å²) in [5.74, 6) is 0. The van der Waals surface area contributed by atoms with Crippen molar-refractivity contribution in [3.8, 4) is 6.07 Å². The first-order valence-corrected chi connectivity index (χ1v) is 6.84. The molecule has 0 amide bonds. The molecule has 1 fully saturated rings. The molecule has 0 aliphatic heterocycles. The Morgan fingerprint density at radius 2 is 1.35 bits per heavy atom. The van der Waals surface area contributed by atoms with Crippen LogP contribution in [0.25, 0.3) is 0 Å². The lowest BCUT2D eigenvalue weighted by Crippen LogP contribution is -2.24. The third kappa shape index (κ3) is 2.88. The first kappa shape index (κ1) is 12.2. The predicted molar refractivity (Wildman–Crippen MR) is 70.7 cm³/mol. The predicted octanol–water partition coefficient (Wildman–Crippen LogP) is 4.58. The molecule has 1 saturated carbocycles. The summed E-state index contributed by atoms with van der Waals surface area (Å²) in [6.07, 6.45) is 9.73. The molecule has 2 rings (SSSR count). The van der Waals surface area contributed by atoms with E-state index in [1.165, 1.54) is 44.1 Å². The molecule has 0 spiro atoms. The highest BCUT2D eigenvalue weighted by Gasteiger charge is 2.31. The van der Waals surface area contributed by atoms with Gasteiger partial charge in [0.15, 0.2) is 0 Å². The molecule has 1 aliphatic rings. The average molecular weight is 227 g/mol. The van der Waals surface area contributed by atoms with Gasteiger partial charge in [0.1, 0.15) is 0 Å². The van der Waals surface area contributed by atoms with Crippen molar-refractivity contribution in [2.75, 3.05) is 0 Å². The Balaban J connectivity index is 2.24. The van der Waals surface area contributed by atoms with E-state index in [4.69, 9.17) is 0 Å². The lowest BCUT2D eigenvalue weighted by atomic mass is 9.74. The summed E-state index contributed by atoms with van der Waals surface area (Å²) >= 11 is 0. The van der Waals surface area contributed by atoms with Gasteiger partial charge >= 0.3 is 0 Å². The van der Waals surface area contributed by atoms with Gasteiger partial charge in [0.05, 0.1) is 11.5 Å². The van der Waals surface area contributed by atoms with Gasteiger partial charge in [-0.25, -0.2) is 0 Å². The Morgan fingerprint density at radius 3 is 1.88 bits per heavy atom. The summed E-state index contributed by atoms with van der Waals surface area (Å²) in [4.78, 5) is 0. The molecule has 17 heavy (non-hydrogen) atoms. The van der Waals surface area contributed by atoms with Crippen LogP contribution in [-0.2, 0) is 5.41 Å². The normalized spacial score (nSPS) is 20.6. The van der Waals surface area contributed by atoms with Crippen molar-refractivity contribution in [3.05, 3.63) is 35.9 Å². The smallest absolute Gasteiger partial charge is 0.0822 e. The van der Waals surface area contributed by atoms with Crippen LogP contribution in [0.1, 0.15) is 56.9 Å². The van der Waals surface area contributed by atoms with E-state index >= 15 is 0 Å². The monoisotopic (exact) mass is 227 g/mol. The van der Waals surface area contributed by atoms with Crippen LogP contribution in [0.4, 0.5) is 0 Å². The number of hydrogen-bond donors (Lipinski definition) is 0. The average Bonchev–Trinajstić information content (AvgIpc) is 2.52. The fourth-order valence-electron chi connectivity index (χ4n) is 2.91. The molecule has 1 aliphatic carbocycles. The summed E-state index contributed by atoms with van der Waals surface area (Å²) in [6.45, 7) is 0. The number of hydrogen-bond acceptors (Lipinski definition) is 1. The fourth-order valence-corrected chi connectivity index (χ4v) is 2.91. The number of nitriles is 1. The van der Waals surface area contributed by atoms with Gasteiger partial charge in [0, 0.05) is 0 Å². The molecule has 0 saturated heterocycles. The van der Waals surface area contributed by atoms with E-state index in [0.717, 1.165) is 12.8 Å². The van der Waals surface area contributed by atoms with Gasteiger partial charge < -0.3 is 0 Å². The quantitative estimate of drug-likeness (QED) is 0.688. The highest BCUT2D eigenvalue weighted by Crippen LogP contribution is 2.36. The molecule has 0 N–H and O–H groups in total. The van der Waals surface area contributed by atoms with Gasteiger partial charge in [-0.15, -0.1) is 0 Å². The molecule has 0 unspecified atom stereocenters.